The van der Waals surface area contributed by atoms with Gasteiger partial charge in [-0.1, -0.05) is 38.1 Å². The summed E-state index contributed by atoms with van der Waals surface area (Å²) in [5, 5.41) is 11.1. The van der Waals surface area contributed by atoms with Gasteiger partial charge in [0, 0.05) is 11.3 Å². The van der Waals surface area contributed by atoms with E-state index < -0.39 is 5.97 Å². The zero-order valence-corrected chi connectivity index (χ0v) is 16.7. The molecule has 0 radical (unpaired) electrons. The smallest absolute Gasteiger partial charge is 0.350 e. The van der Waals surface area contributed by atoms with E-state index in [0.29, 0.717) is 28.5 Å². The summed E-state index contributed by atoms with van der Waals surface area (Å²) in [6.45, 7) is 7.28. The third-order valence-corrected chi connectivity index (χ3v) is 5.02. The number of aromatic hydroxyl groups is 1. The van der Waals surface area contributed by atoms with Crippen molar-refractivity contribution in [1.82, 2.24) is 4.57 Å². The maximum absolute atomic E-state index is 13.1. The molecule has 0 atom stereocenters. The van der Waals surface area contributed by atoms with Crippen LogP contribution in [-0.4, -0.2) is 28.0 Å². The maximum Gasteiger partial charge on any atom is 0.350 e. The van der Waals surface area contributed by atoms with E-state index in [4.69, 9.17) is 4.74 Å². The Hall–Kier alpha value is -2.54. The minimum absolute atomic E-state index is 0.0320. The number of ether oxygens (including phenoxy) is 1. The van der Waals surface area contributed by atoms with E-state index in [1.165, 1.54) is 11.8 Å². The number of para-hydroxylation sites is 1. The number of benzene rings is 1. The molecule has 0 aliphatic heterocycles. The molecule has 0 fully saturated rings. The first kappa shape index (κ1) is 20.8. The number of carbonyl (C=O) groups excluding carboxylic acids is 1. The Bertz CT molecular complexity index is 891. The number of esters is 1. The molecule has 0 aliphatic carbocycles. The van der Waals surface area contributed by atoms with Crippen LogP contribution in [-0.2, 0) is 23.0 Å². The summed E-state index contributed by atoms with van der Waals surface area (Å²) in [6, 6.07) is 9.29. The molecule has 0 bridgehead atoms. The average molecular weight is 389 g/mol. The molecule has 6 nitrogen and oxygen atoms in total. The summed E-state index contributed by atoms with van der Waals surface area (Å²) < 4.78 is 8.31. The van der Waals surface area contributed by atoms with Gasteiger partial charge in [0.1, 0.15) is 17.9 Å². The molecule has 2 rings (SSSR count). The van der Waals surface area contributed by atoms with Crippen LogP contribution < -0.4 is 10.1 Å². The molecule has 27 heavy (non-hydrogen) atoms. The number of hydrogen-bond acceptors (Lipinski definition) is 5. The first-order valence-electron chi connectivity index (χ1n) is 8.76. The minimum atomic E-state index is -0.443. The number of aromatic nitrogens is 2. The van der Waals surface area contributed by atoms with Gasteiger partial charge in [-0.05, 0) is 37.2 Å². The zero-order valence-electron chi connectivity index (χ0n) is 15.9. The Morgan fingerprint density at radius 3 is 2.59 bits per heavy atom. The zero-order chi connectivity index (χ0) is 20.0. The summed E-state index contributed by atoms with van der Waals surface area (Å²) in [5.41, 5.74) is 1.21. The highest BCUT2D eigenvalue weighted by Gasteiger charge is 2.27. The molecule has 1 N–H and O–H groups in total. The molecule has 0 aliphatic rings. The number of nitrogens with zero attached hydrogens (tertiary/aromatic N) is 2. The van der Waals surface area contributed by atoms with Crippen LogP contribution in [0.15, 0.2) is 52.4 Å². The van der Waals surface area contributed by atoms with Crippen LogP contribution in [0, 0.1) is 0 Å². The van der Waals surface area contributed by atoms with Gasteiger partial charge >= 0.3 is 16.7 Å². The lowest BCUT2D eigenvalue weighted by Gasteiger charge is -2.12. The van der Waals surface area contributed by atoms with Gasteiger partial charge in [0.25, 0.3) is 5.88 Å². The maximum atomic E-state index is 13.1. The van der Waals surface area contributed by atoms with E-state index in [0.717, 1.165) is 12.1 Å². The van der Waals surface area contributed by atoms with Gasteiger partial charge < -0.3 is 9.84 Å². The van der Waals surface area contributed by atoms with Crippen molar-refractivity contribution in [3.63, 3.8) is 0 Å². The van der Waals surface area contributed by atoms with Gasteiger partial charge in [0.2, 0.25) is 0 Å². The van der Waals surface area contributed by atoms with E-state index >= 15 is 0 Å². The molecule has 2 aromatic rings. The Morgan fingerprint density at radius 2 is 2.00 bits per heavy atom. The lowest BCUT2D eigenvalue weighted by atomic mass is 10.2. The van der Waals surface area contributed by atoms with Crippen LogP contribution in [0.5, 0.6) is 5.88 Å². The van der Waals surface area contributed by atoms with Crippen LogP contribution in [0.2, 0.25) is 0 Å². The predicted octanol–water partition coefficient (Wildman–Crippen LogP) is 2.53. The highest BCUT2D eigenvalue weighted by Crippen LogP contribution is 2.21. The summed E-state index contributed by atoms with van der Waals surface area (Å²) in [4.78, 5) is 24.6. The first-order chi connectivity index (χ1) is 12.9. The second-order valence-corrected chi connectivity index (χ2v) is 7.20. The third kappa shape index (κ3) is 4.80. The quantitative estimate of drug-likeness (QED) is 0.188. The summed E-state index contributed by atoms with van der Waals surface area (Å²) >= 11 is 1.34. The van der Waals surface area contributed by atoms with Gasteiger partial charge in [0.05, 0.1) is 7.05 Å². The normalized spacial score (nSPS) is 10.6. The van der Waals surface area contributed by atoms with Crippen molar-refractivity contribution in [2.75, 3.05) is 12.4 Å². The topological polar surface area (TPSA) is 72.4 Å². The summed E-state index contributed by atoms with van der Waals surface area (Å²) in [5.74, 6) is -0.0388. The molecule has 1 heterocycles. The van der Waals surface area contributed by atoms with E-state index in [2.05, 4.69) is 6.58 Å². The van der Waals surface area contributed by atoms with Gasteiger partial charge in [0.15, 0.2) is 0 Å². The van der Waals surface area contributed by atoms with Crippen LogP contribution in [0.1, 0.15) is 25.8 Å². The minimum Gasteiger partial charge on any atom is -0.477 e. The number of thioether (sulfide) groups is 1. The highest BCUT2D eigenvalue weighted by molar-refractivity contribution is 7.99. The number of rotatable bonds is 8. The van der Waals surface area contributed by atoms with Crippen LogP contribution >= 0.6 is 11.8 Å². The lowest BCUT2D eigenvalue weighted by Crippen LogP contribution is -2.42. The summed E-state index contributed by atoms with van der Waals surface area (Å²) in [7, 11) is 1.72. The molecule has 7 heteroatoms. The van der Waals surface area contributed by atoms with Crippen LogP contribution in [0.3, 0.4) is 0 Å². The standard InChI is InChI=1S/C20H24N2O4S/c1-5-9-16-17(23)21(4)20(27-13-12-26-19(25)14(2)3)22(18(16)24)15-10-7-6-8-11-15/h6-8,10-11H,2,5,9,12-13H2,1,3-4H3/p+1. The molecule has 144 valence electrons. The van der Waals surface area contributed by atoms with Gasteiger partial charge in [-0.25, -0.2) is 9.59 Å². The molecule has 0 unspecified atom stereocenters. The second-order valence-electron chi connectivity index (χ2n) is 6.13. The van der Waals surface area contributed by atoms with Gasteiger partial charge in [-0.3, -0.25) is 0 Å². The monoisotopic (exact) mass is 389 g/mol. The van der Waals surface area contributed by atoms with E-state index in [9.17, 15) is 14.7 Å². The SMILES string of the molecule is C=C(C)C(=O)OCCSc1n(-c2ccccc2)c(=O)c(CCC)c(O)[n+]1C. The fourth-order valence-corrected chi connectivity index (χ4v) is 3.53. The van der Waals surface area contributed by atoms with Crippen molar-refractivity contribution < 1.29 is 19.2 Å². The molecule has 0 saturated heterocycles. The highest BCUT2D eigenvalue weighted by atomic mass is 32.2. The molecular formula is C20H25N2O4S+. The van der Waals surface area contributed by atoms with Crippen molar-refractivity contribution >= 4 is 17.7 Å². The molecule has 0 saturated carbocycles. The fraction of sp³-hybridized carbons (Fsp3) is 0.350. The van der Waals surface area contributed by atoms with E-state index in [1.807, 2.05) is 37.3 Å². The molecule has 0 spiro atoms. The number of hydrogen-bond donors (Lipinski definition) is 1. The molecular weight excluding hydrogens is 364 g/mol. The van der Waals surface area contributed by atoms with Crippen molar-refractivity contribution in [2.45, 2.75) is 31.8 Å². The molecule has 0 amide bonds. The third-order valence-electron chi connectivity index (χ3n) is 3.94. The van der Waals surface area contributed by atoms with Gasteiger partial charge in [-0.2, -0.15) is 9.13 Å². The van der Waals surface area contributed by atoms with Crippen molar-refractivity contribution in [1.29, 1.82) is 0 Å². The van der Waals surface area contributed by atoms with E-state index in [-0.39, 0.29) is 18.0 Å². The Morgan fingerprint density at radius 1 is 1.33 bits per heavy atom. The predicted molar refractivity (Wildman–Crippen MR) is 105 cm³/mol. The van der Waals surface area contributed by atoms with Crippen molar-refractivity contribution in [2.24, 2.45) is 7.05 Å². The Labute approximate surface area is 163 Å². The lowest BCUT2D eigenvalue weighted by molar-refractivity contribution is -0.720. The van der Waals surface area contributed by atoms with Crippen LogP contribution in [0.4, 0.5) is 0 Å². The average Bonchev–Trinajstić information content (AvgIpc) is 2.66. The molecule has 1 aromatic carbocycles. The van der Waals surface area contributed by atoms with Gasteiger partial charge in [-0.15, -0.1) is 0 Å². The Kier molecular flexibility index (Phi) is 7.24. The summed E-state index contributed by atoms with van der Waals surface area (Å²) in [6.07, 6.45) is 1.24. The van der Waals surface area contributed by atoms with E-state index in [1.54, 1.807) is 23.1 Å². The largest absolute Gasteiger partial charge is 0.477 e. The van der Waals surface area contributed by atoms with Crippen LogP contribution in [0.25, 0.3) is 5.69 Å². The number of carbonyl (C=O) groups is 1. The first-order valence-corrected chi connectivity index (χ1v) is 9.74. The second kappa shape index (κ2) is 9.41. The Balaban J connectivity index is 2.41. The fourth-order valence-electron chi connectivity index (χ4n) is 2.59. The van der Waals surface area contributed by atoms with Crippen molar-refractivity contribution in [3.05, 3.63) is 58.4 Å². The van der Waals surface area contributed by atoms with Crippen molar-refractivity contribution in [3.8, 4) is 11.6 Å². The molecule has 1 aromatic heterocycles.